The van der Waals surface area contributed by atoms with Crippen molar-refractivity contribution in [3.63, 3.8) is 0 Å². The molecule has 2 aromatic heterocycles. The summed E-state index contributed by atoms with van der Waals surface area (Å²) in [4.78, 5) is 8.88. The van der Waals surface area contributed by atoms with E-state index < -0.39 is 0 Å². The predicted octanol–water partition coefficient (Wildman–Crippen LogP) is 5.06. The molecule has 128 valence electrons. The van der Waals surface area contributed by atoms with Crippen molar-refractivity contribution in [3.8, 4) is 5.88 Å². The summed E-state index contributed by atoms with van der Waals surface area (Å²) in [6, 6.07) is 11.6. The third kappa shape index (κ3) is 4.25. The largest absolute Gasteiger partial charge is 0.474 e. The van der Waals surface area contributed by atoms with Crippen LogP contribution in [0.25, 0.3) is 0 Å². The molecule has 1 aliphatic rings. The van der Waals surface area contributed by atoms with E-state index in [4.69, 9.17) is 4.74 Å². The highest BCUT2D eigenvalue weighted by Crippen LogP contribution is 2.35. The summed E-state index contributed by atoms with van der Waals surface area (Å²) in [6.07, 6.45) is 5.68. The molecule has 0 radical (unpaired) electrons. The molecule has 0 bridgehead atoms. The molecule has 3 atom stereocenters. The average Bonchev–Trinajstić information content (AvgIpc) is 2.56. The molecular weight excluding hydrogens is 298 g/mol. The van der Waals surface area contributed by atoms with E-state index in [1.165, 1.54) is 12.8 Å². The smallest absolute Gasteiger partial charge is 0.215 e. The summed E-state index contributed by atoms with van der Waals surface area (Å²) < 4.78 is 6.31. The van der Waals surface area contributed by atoms with Crippen molar-refractivity contribution < 1.29 is 4.74 Å². The monoisotopic (exact) mass is 325 g/mol. The van der Waals surface area contributed by atoms with E-state index in [0.717, 1.165) is 24.0 Å². The topological polar surface area (TPSA) is 47.0 Å². The predicted molar refractivity (Wildman–Crippen MR) is 97.5 cm³/mol. The minimum Gasteiger partial charge on any atom is -0.474 e. The van der Waals surface area contributed by atoms with E-state index in [-0.39, 0.29) is 6.10 Å². The minimum atomic E-state index is 0.256. The molecule has 1 fully saturated rings. The first-order valence-electron chi connectivity index (χ1n) is 8.93. The lowest BCUT2D eigenvalue weighted by Crippen LogP contribution is -2.36. The molecule has 2 aromatic rings. The van der Waals surface area contributed by atoms with Crippen LogP contribution in [0.1, 0.15) is 40.0 Å². The molecular formula is C20H27N3O. The molecule has 1 unspecified atom stereocenters. The Labute approximate surface area is 144 Å². The quantitative estimate of drug-likeness (QED) is 0.834. The molecule has 1 aliphatic carbocycles. The Balaban J connectivity index is 1.71. The van der Waals surface area contributed by atoms with Gasteiger partial charge in [-0.15, -0.1) is 0 Å². The van der Waals surface area contributed by atoms with Crippen molar-refractivity contribution in [2.24, 2.45) is 17.8 Å². The van der Waals surface area contributed by atoms with E-state index in [9.17, 15) is 0 Å². The first kappa shape index (κ1) is 16.7. The van der Waals surface area contributed by atoms with Gasteiger partial charge in [-0.1, -0.05) is 39.3 Å². The maximum Gasteiger partial charge on any atom is 0.215 e. The fraction of sp³-hybridized carbons (Fsp3) is 0.500. The number of rotatable bonds is 5. The Bertz CT molecular complexity index is 644. The highest BCUT2D eigenvalue weighted by Gasteiger charge is 2.32. The first-order chi connectivity index (χ1) is 11.6. The van der Waals surface area contributed by atoms with E-state index >= 15 is 0 Å². The zero-order valence-electron chi connectivity index (χ0n) is 14.8. The molecule has 2 heterocycles. The third-order valence-corrected chi connectivity index (χ3v) is 4.88. The number of aromatic nitrogens is 2. The SMILES string of the molecule is CC(C)[C@@H]1CC[C@@H](C)CC1Oc1cccc(Nc2ccccn2)n1. The maximum atomic E-state index is 6.31. The van der Waals surface area contributed by atoms with Gasteiger partial charge in [0.15, 0.2) is 0 Å². The molecule has 24 heavy (non-hydrogen) atoms. The van der Waals surface area contributed by atoms with E-state index in [1.54, 1.807) is 6.20 Å². The summed E-state index contributed by atoms with van der Waals surface area (Å²) in [6.45, 7) is 6.91. The van der Waals surface area contributed by atoms with Gasteiger partial charge in [0.05, 0.1) is 0 Å². The molecule has 4 heteroatoms. The van der Waals surface area contributed by atoms with Crippen molar-refractivity contribution in [2.45, 2.75) is 46.1 Å². The van der Waals surface area contributed by atoms with Gasteiger partial charge in [0, 0.05) is 12.3 Å². The van der Waals surface area contributed by atoms with Crippen LogP contribution < -0.4 is 10.1 Å². The van der Waals surface area contributed by atoms with E-state index in [0.29, 0.717) is 17.7 Å². The van der Waals surface area contributed by atoms with Crippen molar-refractivity contribution in [2.75, 3.05) is 5.32 Å². The fourth-order valence-electron chi connectivity index (χ4n) is 3.52. The van der Waals surface area contributed by atoms with Gasteiger partial charge in [0.1, 0.15) is 17.7 Å². The van der Waals surface area contributed by atoms with E-state index in [1.807, 2.05) is 36.4 Å². The Hall–Kier alpha value is -2.10. The zero-order chi connectivity index (χ0) is 16.9. The third-order valence-electron chi connectivity index (χ3n) is 4.88. The summed E-state index contributed by atoms with van der Waals surface area (Å²) >= 11 is 0. The van der Waals surface area contributed by atoms with Gasteiger partial charge in [-0.05, 0) is 48.8 Å². The second-order valence-electron chi connectivity index (χ2n) is 7.18. The van der Waals surface area contributed by atoms with Crippen LogP contribution >= 0.6 is 0 Å². The van der Waals surface area contributed by atoms with E-state index in [2.05, 4.69) is 36.1 Å². The Morgan fingerprint density at radius 1 is 1.08 bits per heavy atom. The summed E-state index contributed by atoms with van der Waals surface area (Å²) in [5, 5.41) is 3.22. The van der Waals surface area contributed by atoms with Gasteiger partial charge in [-0.2, -0.15) is 4.98 Å². The Morgan fingerprint density at radius 3 is 2.67 bits per heavy atom. The maximum absolute atomic E-state index is 6.31. The van der Waals surface area contributed by atoms with Crippen LogP contribution in [0.4, 0.5) is 11.6 Å². The number of anilines is 2. The van der Waals surface area contributed by atoms with Crippen LogP contribution in [-0.4, -0.2) is 16.1 Å². The van der Waals surface area contributed by atoms with Gasteiger partial charge in [-0.3, -0.25) is 0 Å². The minimum absolute atomic E-state index is 0.256. The molecule has 1 saturated carbocycles. The Morgan fingerprint density at radius 2 is 1.92 bits per heavy atom. The summed E-state index contributed by atoms with van der Waals surface area (Å²) in [5.41, 5.74) is 0. The number of nitrogens with zero attached hydrogens (tertiary/aromatic N) is 2. The number of pyridine rings is 2. The highest BCUT2D eigenvalue weighted by atomic mass is 16.5. The number of hydrogen-bond donors (Lipinski definition) is 1. The van der Waals surface area contributed by atoms with Crippen LogP contribution in [0.3, 0.4) is 0 Å². The van der Waals surface area contributed by atoms with Crippen molar-refractivity contribution in [1.82, 2.24) is 9.97 Å². The van der Waals surface area contributed by atoms with Crippen LogP contribution in [0, 0.1) is 17.8 Å². The summed E-state index contributed by atoms with van der Waals surface area (Å²) in [5.74, 6) is 4.21. The molecule has 0 aliphatic heterocycles. The van der Waals surface area contributed by atoms with Gasteiger partial charge in [-0.25, -0.2) is 4.98 Å². The number of ether oxygens (including phenoxy) is 1. The molecule has 0 amide bonds. The summed E-state index contributed by atoms with van der Waals surface area (Å²) in [7, 11) is 0. The van der Waals surface area contributed by atoms with Crippen molar-refractivity contribution >= 4 is 11.6 Å². The normalized spacial score (nSPS) is 23.9. The van der Waals surface area contributed by atoms with Gasteiger partial charge in [0.2, 0.25) is 5.88 Å². The standard InChI is InChI=1S/C20H27N3O/c1-14(2)16-11-10-15(3)13-17(16)24-20-9-6-8-19(23-20)22-18-7-4-5-12-21-18/h4-9,12,14-17H,10-11,13H2,1-3H3,(H,21,22,23)/t15-,16+,17?/m1/s1. The lowest BCUT2D eigenvalue weighted by molar-refractivity contribution is 0.0428. The van der Waals surface area contributed by atoms with Crippen molar-refractivity contribution in [1.29, 1.82) is 0 Å². The fourth-order valence-corrected chi connectivity index (χ4v) is 3.52. The molecule has 3 rings (SSSR count). The molecule has 0 saturated heterocycles. The lowest BCUT2D eigenvalue weighted by Gasteiger charge is -2.37. The van der Waals surface area contributed by atoms with Gasteiger partial charge in [0.25, 0.3) is 0 Å². The van der Waals surface area contributed by atoms with Crippen LogP contribution in [0.5, 0.6) is 5.88 Å². The lowest BCUT2D eigenvalue weighted by atomic mass is 9.75. The number of hydrogen-bond acceptors (Lipinski definition) is 4. The molecule has 1 N–H and O–H groups in total. The second kappa shape index (κ2) is 7.65. The molecule has 4 nitrogen and oxygen atoms in total. The molecule has 0 spiro atoms. The van der Waals surface area contributed by atoms with Crippen LogP contribution in [0.2, 0.25) is 0 Å². The van der Waals surface area contributed by atoms with Gasteiger partial charge >= 0.3 is 0 Å². The van der Waals surface area contributed by atoms with Crippen LogP contribution in [-0.2, 0) is 0 Å². The number of nitrogens with one attached hydrogen (secondary N) is 1. The highest BCUT2D eigenvalue weighted by molar-refractivity contribution is 5.51. The average molecular weight is 325 g/mol. The van der Waals surface area contributed by atoms with Gasteiger partial charge < -0.3 is 10.1 Å². The van der Waals surface area contributed by atoms with Crippen LogP contribution in [0.15, 0.2) is 42.6 Å². The zero-order valence-corrected chi connectivity index (χ0v) is 14.8. The first-order valence-corrected chi connectivity index (χ1v) is 8.93. The second-order valence-corrected chi connectivity index (χ2v) is 7.18. The Kier molecular flexibility index (Phi) is 5.34. The molecule has 0 aromatic carbocycles. The van der Waals surface area contributed by atoms with Crippen molar-refractivity contribution in [3.05, 3.63) is 42.6 Å².